The second kappa shape index (κ2) is 7.62. The molecule has 0 spiro atoms. The van der Waals surface area contributed by atoms with Crippen molar-refractivity contribution in [3.05, 3.63) is 53.7 Å². The van der Waals surface area contributed by atoms with Crippen LogP contribution in [0, 0.1) is 12.8 Å². The number of carbonyl (C=O) groups excluding carboxylic acids is 1. The zero-order valence-electron chi connectivity index (χ0n) is 14.0. The summed E-state index contributed by atoms with van der Waals surface area (Å²) in [5, 5.41) is 10.5. The van der Waals surface area contributed by atoms with Gasteiger partial charge in [-0.05, 0) is 44.1 Å². The SMILES string of the molecule is Cc1ocnc1C(=O)N1CCC([C@@H](O)CCc2ccccc2)CC1. The van der Waals surface area contributed by atoms with E-state index in [0.29, 0.717) is 24.5 Å². The van der Waals surface area contributed by atoms with Gasteiger partial charge in [0.05, 0.1) is 6.10 Å². The van der Waals surface area contributed by atoms with Gasteiger partial charge in [0.25, 0.3) is 5.91 Å². The van der Waals surface area contributed by atoms with Gasteiger partial charge in [-0.2, -0.15) is 0 Å². The van der Waals surface area contributed by atoms with E-state index in [0.717, 1.165) is 25.7 Å². The average Bonchev–Trinajstić information content (AvgIpc) is 3.06. The maximum absolute atomic E-state index is 12.4. The Morgan fingerprint density at radius 3 is 2.67 bits per heavy atom. The number of hydrogen-bond acceptors (Lipinski definition) is 4. The molecule has 1 atom stereocenters. The number of aliphatic hydroxyl groups excluding tert-OH is 1. The Balaban J connectivity index is 1.48. The lowest BCUT2D eigenvalue weighted by atomic mass is 9.88. The summed E-state index contributed by atoms with van der Waals surface area (Å²) in [6.07, 6.45) is 4.32. The fourth-order valence-corrected chi connectivity index (χ4v) is 3.34. The normalized spacial score (nSPS) is 17.0. The number of nitrogens with zero attached hydrogens (tertiary/aromatic N) is 2. The van der Waals surface area contributed by atoms with Crippen LogP contribution < -0.4 is 0 Å². The Morgan fingerprint density at radius 1 is 1.33 bits per heavy atom. The molecule has 3 rings (SSSR count). The van der Waals surface area contributed by atoms with Crippen LogP contribution in [-0.4, -0.2) is 40.1 Å². The predicted octanol–water partition coefficient (Wildman–Crippen LogP) is 2.83. The fourth-order valence-electron chi connectivity index (χ4n) is 3.34. The van der Waals surface area contributed by atoms with E-state index >= 15 is 0 Å². The number of carbonyl (C=O) groups is 1. The lowest BCUT2D eigenvalue weighted by Gasteiger charge is -2.34. The van der Waals surface area contributed by atoms with Crippen molar-refractivity contribution < 1.29 is 14.3 Å². The summed E-state index contributed by atoms with van der Waals surface area (Å²) >= 11 is 0. The minimum absolute atomic E-state index is 0.0709. The molecule has 24 heavy (non-hydrogen) atoms. The van der Waals surface area contributed by atoms with E-state index in [1.165, 1.54) is 12.0 Å². The quantitative estimate of drug-likeness (QED) is 0.916. The number of aromatic nitrogens is 1. The maximum atomic E-state index is 12.4. The first-order valence-electron chi connectivity index (χ1n) is 8.56. The minimum Gasteiger partial charge on any atom is -0.448 e. The highest BCUT2D eigenvalue weighted by Gasteiger charge is 2.29. The summed E-state index contributed by atoms with van der Waals surface area (Å²) in [5.74, 6) is 0.750. The lowest BCUT2D eigenvalue weighted by molar-refractivity contribution is 0.0433. The summed E-state index contributed by atoms with van der Waals surface area (Å²) in [4.78, 5) is 18.2. The highest BCUT2D eigenvalue weighted by molar-refractivity contribution is 5.93. The first kappa shape index (κ1) is 16.7. The second-order valence-corrected chi connectivity index (χ2v) is 6.48. The van der Waals surface area contributed by atoms with Crippen LogP contribution in [0.1, 0.15) is 41.1 Å². The van der Waals surface area contributed by atoms with Crippen LogP contribution in [-0.2, 0) is 6.42 Å². The topological polar surface area (TPSA) is 66.6 Å². The molecule has 1 aliphatic heterocycles. The Bertz CT molecular complexity index is 660. The van der Waals surface area contributed by atoms with Crippen molar-refractivity contribution in [2.45, 2.75) is 38.7 Å². The van der Waals surface area contributed by atoms with E-state index in [2.05, 4.69) is 17.1 Å². The van der Waals surface area contributed by atoms with Gasteiger partial charge in [0.1, 0.15) is 5.76 Å². The smallest absolute Gasteiger partial charge is 0.276 e. The van der Waals surface area contributed by atoms with Gasteiger partial charge in [0, 0.05) is 13.1 Å². The van der Waals surface area contributed by atoms with Crippen LogP contribution in [0.5, 0.6) is 0 Å². The van der Waals surface area contributed by atoms with Gasteiger partial charge in [-0.15, -0.1) is 0 Å². The monoisotopic (exact) mass is 328 g/mol. The van der Waals surface area contributed by atoms with Gasteiger partial charge in [-0.25, -0.2) is 4.98 Å². The number of aryl methyl sites for hydroxylation is 2. The van der Waals surface area contributed by atoms with Crippen molar-refractivity contribution in [2.75, 3.05) is 13.1 Å². The molecular formula is C19H24N2O3. The third-order valence-corrected chi connectivity index (χ3v) is 4.89. The maximum Gasteiger partial charge on any atom is 0.276 e. The third-order valence-electron chi connectivity index (χ3n) is 4.89. The van der Waals surface area contributed by atoms with Crippen LogP contribution in [0.2, 0.25) is 0 Å². The van der Waals surface area contributed by atoms with Crippen LogP contribution >= 0.6 is 0 Å². The molecule has 0 bridgehead atoms. The first-order valence-corrected chi connectivity index (χ1v) is 8.56. The zero-order chi connectivity index (χ0) is 16.9. The molecule has 1 amide bonds. The molecule has 2 aromatic rings. The summed E-state index contributed by atoms with van der Waals surface area (Å²) in [7, 11) is 0. The van der Waals surface area contributed by atoms with E-state index in [4.69, 9.17) is 4.42 Å². The molecule has 1 saturated heterocycles. The van der Waals surface area contributed by atoms with Crippen LogP contribution in [0.15, 0.2) is 41.1 Å². The molecule has 128 valence electrons. The number of rotatable bonds is 5. The molecule has 5 nitrogen and oxygen atoms in total. The molecular weight excluding hydrogens is 304 g/mol. The molecule has 1 aliphatic rings. The number of likely N-dealkylation sites (tertiary alicyclic amines) is 1. The van der Waals surface area contributed by atoms with Gasteiger partial charge < -0.3 is 14.4 Å². The molecule has 2 heterocycles. The highest BCUT2D eigenvalue weighted by atomic mass is 16.3. The first-order chi connectivity index (χ1) is 11.6. The van der Waals surface area contributed by atoms with Crippen LogP contribution in [0.25, 0.3) is 0 Å². The highest BCUT2D eigenvalue weighted by Crippen LogP contribution is 2.24. The fraction of sp³-hybridized carbons (Fsp3) is 0.474. The minimum atomic E-state index is -0.309. The van der Waals surface area contributed by atoms with Crippen molar-refractivity contribution in [3.8, 4) is 0 Å². The number of piperidine rings is 1. The second-order valence-electron chi connectivity index (χ2n) is 6.48. The third kappa shape index (κ3) is 3.85. The van der Waals surface area contributed by atoms with E-state index in [9.17, 15) is 9.90 Å². The molecule has 1 aromatic heterocycles. The van der Waals surface area contributed by atoms with E-state index in [1.807, 2.05) is 23.1 Å². The van der Waals surface area contributed by atoms with E-state index < -0.39 is 0 Å². The average molecular weight is 328 g/mol. The van der Waals surface area contributed by atoms with Gasteiger partial charge >= 0.3 is 0 Å². The molecule has 1 fully saturated rings. The number of hydrogen-bond donors (Lipinski definition) is 1. The molecule has 0 aliphatic carbocycles. The molecule has 0 saturated carbocycles. The zero-order valence-corrected chi connectivity index (χ0v) is 14.0. The van der Waals surface area contributed by atoms with Gasteiger partial charge in [-0.1, -0.05) is 30.3 Å². The van der Waals surface area contributed by atoms with Crippen LogP contribution in [0.3, 0.4) is 0 Å². The Kier molecular flexibility index (Phi) is 5.30. The van der Waals surface area contributed by atoms with E-state index in [-0.39, 0.29) is 17.9 Å². The molecule has 1 aromatic carbocycles. The van der Waals surface area contributed by atoms with Crippen molar-refractivity contribution in [2.24, 2.45) is 5.92 Å². The van der Waals surface area contributed by atoms with Gasteiger partial charge in [0.2, 0.25) is 0 Å². The summed E-state index contributed by atoms with van der Waals surface area (Å²) in [6.45, 7) is 3.08. The predicted molar refractivity (Wildman–Crippen MR) is 90.6 cm³/mol. The molecule has 0 radical (unpaired) electrons. The van der Waals surface area contributed by atoms with Crippen LogP contribution in [0.4, 0.5) is 0 Å². The number of amides is 1. The standard InChI is InChI=1S/C19H24N2O3/c1-14-18(20-13-24-14)19(23)21-11-9-16(10-12-21)17(22)8-7-15-5-3-2-4-6-15/h2-6,13,16-17,22H,7-12H2,1H3/t17-/m0/s1. The molecule has 1 N–H and O–H groups in total. The summed E-state index contributed by atoms with van der Waals surface area (Å²) in [6, 6.07) is 10.2. The number of oxazole rings is 1. The van der Waals surface area contributed by atoms with Crippen molar-refractivity contribution in [1.82, 2.24) is 9.88 Å². The largest absolute Gasteiger partial charge is 0.448 e. The Labute approximate surface area is 142 Å². The molecule has 5 heteroatoms. The summed E-state index contributed by atoms with van der Waals surface area (Å²) < 4.78 is 5.11. The van der Waals surface area contributed by atoms with Crippen molar-refractivity contribution >= 4 is 5.91 Å². The van der Waals surface area contributed by atoms with Crippen molar-refractivity contribution in [1.29, 1.82) is 0 Å². The number of benzene rings is 1. The summed E-state index contributed by atoms with van der Waals surface area (Å²) in [5.41, 5.74) is 1.66. The lowest BCUT2D eigenvalue weighted by Crippen LogP contribution is -2.41. The Morgan fingerprint density at radius 2 is 2.04 bits per heavy atom. The molecule has 0 unspecified atom stereocenters. The van der Waals surface area contributed by atoms with E-state index in [1.54, 1.807) is 6.92 Å². The van der Waals surface area contributed by atoms with Gasteiger partial charge in [0.15, 0.2) is 12.1 Å². The van der Waals surface area contributed by atoms with Gasteiger partial charge in [-0.3, -0.25) is 4.79 Å². The number of aliphatic hydroxyl groups is 1. The Hall–Kier alpha value is -2.14. The van der Waals surface area contributed by atoms with Crippen molar-refractivity contribution in [3.63, 3.8) is 0 Å².